The monoisotopic (exact) mass is 326 g/mol. The SMILES string of the molecule is CC(C)C(NC(=O)c1ccncc1)C(=O)NC(=O)c1ccncc1. The summed E-state index contributed by atoms with van der Waals surface area (Å²) < 4.78 is 0. The molecule has 2 rings (SSSR count). The van der Waals surface area contributed by atoms with Gasteiger partial charge < -0.3 is 5.32 Å². The van der Waals surface area contributed by atoms with Crippen LogP contribution in [0.25, 0.3) is 0 Å². The molecule has 2 N–H and O–H groups in total. The summed E-state index contributed by atoms with van der Waals surface area (Å²) in [5.41, 5.74) is 0.713. The van der Waals surface area contributed by atoms with Gasteiger partial charge in [-0.3, -0.25) is 29.7 Å². The van der Waals surface area contributed by atoms with Crippen LogP contribution in [0.5, 0.6) is 0 Å². The molecule has 0 bridgehead atoms. The zero-order chi connectivity index (χ0) is 17.5. The molecule has 3 amide bonds. The third-order valence-electron chi connectivity index (χ3n) is 3.36. The van der Waals surface area contributed by atoms with Gasteiger partial charge in [-0.1, -0.05) is 13.8 Å². The number of pyridine rings is 2. The van der Waals surface area contributed by atoms with Crippen molar-refractivity contribution in [3.63, 3.8) is 0 Å². The third kappa shape index (κ3) is 4.45. The van der Waals surface area contributed by atoms with E-state index < -0.39 is 23.8 Å². The van der Waals surface area contributed by atoms with E-state index in [1.807, 2.05) is 0 Å². The predicted molar refractivity (Wildman–Crippen MR) is 87.0 cm³/mol. The van der Waals surface area contributed by atoms with E-state index in [2.05, 4.69) is 20.6 Å². The summed E-state index contributed by atoms with van der Waals surface area (Å²) in [6.07, 6.45) is 5.91. The summed E-state index contributed by atoms with van der Waals surface area (Å²) in [5, 5.41) is 4.95. The first-order valence-electron chi connectivity index (χ1n) is 7.45. The highest BCUT2D eigenvalue weighted by Gasteiger charge is 2.26. The summed E-state index contributed by atoms with van der Waals surface area (Å²) in [7, 11) is 0. The Balaban J connectivity index is 2.06. The van der Waals surface area contributed by atoms with Crippen LogP contribution in [-0.4, -0.2) is 33.7 Å². The van der Waals surface area contributed by atoms with Crippen molar-refractivity contribution in [1.82, 2.24) is 20.6 Å². The Morgan fingerprint density at radius 2 is 1.29 bits per heavy atom. The molecule has 0 saturated carbocycles. The Morgan fingerprint density at radius 1 is 0.833 bits per heavy atom. The van der Waals surface area contributed by atoms with Crippen LogP contribution in [0.4, 0.5) is 0 Å². The quantitative estimate of drug-likeness (QED) is 0.859. The molecule has 0 aliphatic heterocycles. The maximum Gasteiger partial charge on any atom is 0.258 e. The molecule has 7 nitrogen and oxygen atoms in total. The van der Waals surface area contributed by atoms with Crippen molar-refractivity contribution in [2.75, 3.05) is 0 Å². The lowest BCUT2D eigenvalue weighted by Gasteiger charge is -2.21. The van der Waals surface area contributed by atoms with Crippen LogP contribution < -0.4 is 10.6 Å². The van der Waals surface area contributed by atoms with Gasteiger partial charge in [0.1, 0.15) is 6.04 Å². The van der Waals surface area contributed by atoms with Gasteiger partial charge in [-0.05, 0) is 30.2 Å². The van der Waals surface area contributed by atoms with Gasteiger partial charge in [0, 0.05) is 35.9 Å². The second-order valence-corrected chi connectivity index (χ2v) is 5.49. The minimum Gasteiger partial charge on any atom is -0.340 e. The van der Waals surface area contributed by atoms with E-state index in [9.17, 15) is 14.4 Å². The highest BCUT2D eigenvalue weighted by atomic mass is 16.2. The lowest BCUT2D eigenvalue weighted by Crippen LogP contribution is -2.51. The number of imide groups is 1. The second-order valence-electron chi connectivity index (χ2n) is 5.49. The Hall–Kier alpha value is -3.09. The van der Waals surface area contributed by atoms with Crippen molar-refractivity contribution in [2.24, 2.45) is 5.92 Å². The number of amides is 3. The normalized spacial score (nSPS) is 11.6. The largest absolute Gasteiger partial charge is 0.340 e. The number of aromatic nitrogens is 2. The van der Waals surface area contributed by atoms with Gasteiger partial charge >= 0.3 is 0 Å². The van der Waals surface area contributed by atoms with Crippen molar-refractivity contribution < 1.29 is 14.4 Å². The summed E-state index contributed by atoms with van der Waals surface area (Å²) >= 11 is 0. The molecule has 2 aromatic rings. The van der Waals surface area contributed by atoms with E-state index in [1.54, 1.807) is 26.0 Å². The molecule has 0 saturated heterocycles. The van der Waals surface area contributed by atoms with Crippen molar-refractivity contribution in [1.29, 1.82) is 0 Å². The first-order valence-corrected chi connectivity index (χ1v) is 7.45. The van der Waals surface area contributed by atoms with Crippen LogP contribution in [0.3, 0.4) is 0 Å². The minimum absolute atomic E-state index is 0.193. The second kappa shape index (κ2) is 7.96. The fourth-order valence-electron chi connectivity index (χ4n) is 2.03. The van der Waals surface area contributed by atoms with Gasteiger partial charge in [-0.15, -0.1) is 0 Å². The summed E-state index contributed by atoms with van der Waals surface area (Å²) in [4.78, 5) is 44.3. The van der Waals surface area contributed by atoms with E-state index in [1.165, 1.54) is 36.9 Å². The molecule has 0 aliphatic carbocycles. The number of hydrogen-bond acceptors (Lipinski definition) is 5. The summed E-state index contributed by atoms with van der Waals surface area (Å²) in [6.45, 7) is 3.57. The number of nitrogens with one attached hydrogen (secondary N) is 2. The zero-order valence-electron chi connectivity index (χ0n) is 13.4. The van der Waals surface area contributed by atoms with Crippen LogP contribution in [-0.2, 0) is 4.79 Å². The molecular weight excluding hydrogens is 308 g/mol. The van der Waals surface area contributed by atoms with Gasteiger partial charge in [0.05, 0.1) is 0 Å². The molecule has 1 unspecified atom stereocenters. The average molecular weight is 326 g/mol. The van der Waals surface area contributed by atoms with Gasteiger partial charge in [-0.2, -0.15) is 0 Å². The molecule has 0 spiro atoms. The first kappa shape index (κ1) is 17.3. The zero-order valence-corrected chi connectivity index (χ0v) is 13.4. The molecule has 124 valence electrons. The highest BCUT2D eigenvalue weighted by molar-refractivity contribution is 6.07. The molecule has 24 heavy (non-hydrogen) atoms. The standard InChI is InChI=1S/C17H18N4O3/c1-11(2)14(20-15(22)12-3-7-18-8-4-12)17(24)21-16(23)13-5-9-19-10-6-13/h3-11,14H,1-2H3,(H,20,22)(H,21,23,24). The Bertz CT molecular complexity index is 717. The molecule has 0 fully saturated rings. The van der Waals surface area contributed by atoms with Crippen LogP contribution >= 0.6 is 0 Å². The fraction of sp³-hybridized carbons (Fsp3) is 0.235. The van der Waals surface area contributed by atoms with Crippen molar-refractivity contribution >= 4 is 17.7 Å². The van der Waals surface area contributed by atoms with Gasteiger partial charge in [0.2, 0.25) is 5.91 Å². The Morgan fingerprint density at radius 3 is 1.75 bits per heavy atom. The van der Waals surface area contributed by atoms with Crippen LogP contribution in [0, 0.1) is 5.92 Å². The maximum atomic E-state index is 12.4. The lowest BCUT2D eigenvalue weighted by molar-refractivity contribution is -0.122. The van der Waals surface area contributed by atoms with Crippen LogP contribution in [0.15, 0.2) is 49.1 Å². The summed E-state index contributed by atoms with van der Waals surface area (Å²) in [6, 6.07) is 5.27. The fourth-order valence-corrected chi connectivity index (χ4v) is 2.03. The molecule has 2 aromatic heterocycles. The molecular formula is C17H18N4O3. The number of carbonyl (C=O) groups is 3. The molecule has 7 heteroatoms. The lowest BCUT2D eigenvalue weighted by atomic mass is 10.0. The van der Waals surface area contributed by atoms with E-state index in [0.717, 1.165) is 0 Å². The van der Waals surface area contributed by atoms with Crippen molar-refractivity contribution in [3.05, 3.63) is 60.2 Å². The Kier molecular flexibility index (Phi) is 5.73. The van der Waals surface area contributed by atoms with Crippen LogP contribution in [0.1, 0.15) is 34.6 Å². The van der Waals surface area contributed by atoms with Crippen LogP contribution in [0.2, 0.25) is 0 Å². The number of rotatable bonds is 5. The number of nitrogens with zero attached hydrogens (tertiary/aromatic N) is 2. The van der Waals surface area contributed by atoms with E-state index in [0.29, 0.717) is 11.1 Å². The van der Waals surface area contributed by atoms with Crippen molar-refractivity contribution in [3.8, 4) is 0 Å². The molecule has 2 heterocycles. The Labute approximate surface area is 139 Å². The first-order chi connectivity index (χ1) is 11.5. The van der Waals surface area contributed by atoms with Gasteiger partial charge in [0.25, 0.3) is 11.8 Å². The van der Waals surface area contributed by atoms with Gasteiger partial charge in [-0.25, -0.2) is 0 Å². The van der Waals surface area contributed by atoms with E-state index in [4.69, 9.17) is 0 Å². The average Bonchev–Trinajstić information content (AvgIpc) is 2.60. The van der Waals surface area contributed by atoms with E-state index in [-0.39, 0.29) is 5.92 Å². The van der Waals surface area contributed by atoms with Crippen molar-refractivity contribution in [2.45, 2.75) is 19.9 Å². The topological polar surface area (TPSA) is 101 Å². The molecule has 0 aliphatic rings. The number of hydrogen-bond donors (Lipinski definition) is 2. The van der Waals surface area contributed by atoms with Gasteiger partial charge in [0.15, 0.2) is 0 Å². The third-order valence-corrected chi connectivity index (χ3v) is 3.36. The smallest absolute Gasteiger partial charge is 0.258 e. The minimum atomic E-state index is -0.837. The van der Waals surface area contributed by atoms with E-state index >= 15 is 0 Å². The highest BCUT2D eigenvalue weighted by Crippen LogP contribution is 2.06. The predicted octanol–water partition coefficient (Wildman–Crippen LogP) is 1.19. The molecule has 0 aromatic carbocycles. The molecule has 1 atom stereocenters. The number of carbonyl (C=O) groups excluding carboxylic acids is 3. The summed E-state index contributed by atoms with van der Waals surface area (Å²) in [5.74, 6) is -1.69. The molecule has 0 radical (unpaired) electrons. The maximum absolute atomic E-state index is 12.4.